The highest BCUT2D eigenvalue weighted by Crippen LogP contribution is 2.42. The summed E-state index contributed by atoms with van der Waals surface area (Å²) in [5, 5.41) is 5.98. The third kappa shape index (κ3) is 4.26. The Morgan fingerprint density at radius 2 is 2.03 bits per heavy atom. The highest BCUT2D eigenvalue weighted by molar-refractivity contribution is 7.18. The number of carbonyl (C=O) groups excluding carboxylic acids is 3. The van der Waals surface area contributed by atoms with Crippen molar-refractivity contribution in [2.45, 2.75) is 38.4 Å². The Morgan fingerprint density at radius 3 is 2.55 bits per heavy atom. The lowest BCUT2D eigenvalue weighted by atomic mass is 10.1. The van der Waals surface area contributed by atoms with Crippen molar-refractivity contribution in [2.75, 3.05) is 12.4 Å². The van der Waals surface area contributed by atoms with Crippen LogP contribution < -0.4 is 11.1 Å². The molecular formula is C17H17F3N4O4S. The molecule has 2 amide bonds. The van der Waals surface area contributed by atoms with Gasteiger partial charge in [-0.25, -0.2) is 4.79 Å². The molecule has 0 aliphatic heterocycles. The van der Waals surface area contributed by atoms with E-state index in [4.69, 9.17) is 5.73 Å². The van der Waals surface area contributed by atoms with E-state index in [2.05, 4.69) is 15.2 Å². The first kappa shape index (κ1) is 20.8. The number of aromatic nitrogens is 2. The van der Waals surface area contributed by atoms with Crippen LogP contribution in [0.2, 0.25) is 0 Å². The number of amides is 2. The molecule has 8 nitrogen and oxygen atoms in total. The smallest absolute Gasteiger partial charge is 0.435 e. The van der Waals surface area contributed by atoms with Crippen molar-refractivity contribution in [1.82, 2.24) is 9.78 Å². The molecule has 0 saturated heterocycles. The second-order valence-electron chi connectivity index (χ2n) is 6.55. The fourth-order valence-corrected chi connectivity index (χ4v) is 4.04. The SMILES string of the molecule is COC(=O)c1sc(NC(=O)Cn2nc(C(F)(F)F)cc2C2CC2)c(C(N)=O)c1C. The monoisotopic (exact) mass is 430 g/mol. The van der Waals surface area contributed by atoms with Gasteiger partial charge in [0.15, 0.2) is 5.69 Å². The van der Waals surface area contributed by atoms with Crippen LogP contribution in [0.3, 0.4) is 0 Å². The molecule has 2 heterocycles. The van der Waals surface area contributed by atoms with E-state index in [1.54, 1.807) is 0 Å². The number of thiophene rings is 1. The quantitative estimate of drug-likeness (QED) is 0.684. The van der Waals surface area contributed by atoms with Gasteiger partial charge in [-0.3, -0.25) is 14.3 Å². The fraction of sp³-hybridized carbons (Fsp3) is 0.412. The number of esters is 1. The number of carbonyl (C=O) groups is 3. The number of primary amides is 1. The molecule has 1 saturated carbocycles. The van der Waals surface area contributed by atoms with Crippen LogP contribution in [0.1, 0.15) is 55.7 Å². The molecule has 3 N–H and O–H groups in total. The summed E-state index contributed by atoms with van der Waals surface area (Å²) in [7, 11) is 1.17. The molecule has 1 aliphatic carbocycles. The van der Waals surface area contributed by atoms with Crippen molar-refractivity contribution in [3.8, 4) is 0 Å². The first-order chi connectivity index (χ1) is 13.5. The van der Waals surface area contributed by atoms with Gasteiger partial charge in [-0.1, -0.05) is 0 Å². The number of nitrogens with zero attached hydrogens (tertiary/aromatic N) is 2. The summed E-state index contributed by atoms with van der Waals surface area (Å²) in [6.07, 6.45) is -3.17. The maximum Gasteiger partial charge on any atom is 0.435 e. The van der Waals surface area contributed by atoms with Crippen LogP contribution in [0.15, 0.2) is 6.07 Å². The van der Waals surface area contributed by atoms with Crippen molar-refractivity contribution in [2.24, 2.45) is 5.73 Å². The molecule has 12 heteroatoms. The lowest BCUT2D eigenvalue weighted by Gasteiger charge is -2.08. The number of hydrogen-bond acceptors (Lipinski definition) is 6. The van der Waals surface area contributed by atoms with E-state index in [0.717, 1.165) is 34.9 Å². The van der Waals surface area contributed by atoms with Crippen molar-refractivity contribution in [3.63, 3.8) is 0 Å². The van der Waals surface area contributed by atoms with Crippen molar-refractivity contribution in [1.29, 1.82) is 0 Å². The van der Waals surface area contributed by atoms with Crippen LogP contribution in [0.25, 0.3) is 0 Å². The van der Waals surface area contributed by atoms with Crippen LogP contribution in [0.5, 0.6) is 0 Å². The van der Waals surface area contributed by atoms with E-state index in [-0.39, 0.29) is 26.9 Å². The summed E-state index contributed by atoms with van der Waals surface area (Å²) in [5.74, 6) is -2.33. The molecule has 0 radical (unpaired) electrons. The second kappa shape index (κ2) is 7.50. The van der Waals surface area contributed by atoms with E-state index >= 15 is 0 Å². The number of rotatable bonds is 6. The van der Waals surface area contributed by atoms with Gasteiger partial charge in [0.1, 0.15) is 16.4 Å². The minimum atomic E-state index is -4.62. The fourth-order valence-electron chi connectivity index (χ4n) is 2.89. The number of hydrogen-bond donors (Lipinski definition) is 2. The van der Waals surface area contributed by atoms with Crippen LogP contribution in [0, 0.1) is 6.92 Å². The largest absolute Gasteiger partial charge is 0.465 e. The summed E-state index contributed by atoms with van der Waals surface area (Å²) in [6.45, 7) is 0.997. The molecule has 2 aromatic rings. The van der Waals surface area contributed by atoms with E-state index in [1.807, 2.05) is 0 Å². The molecule has 0 aromatic carbocycles. The zero-order valence-corrected chi connectivity index (χ0v) is 16.2. The molecule has 2 aromatic heterocycles. The van der Waals surface area contributed by atoms with Crippen LogP contribution >= 0.6 is 11.3 Å². The van der Waals surface area contributed by atoms with Gasteiger partial charge in [-0.15, -0.1) is 11.3 Å². The summed E-state index contributed by atoms with van der Waals surface area (Å²) in [4.78, 5) is 36.1. The second-order valence-corrected chi connectivity index (χ2v) is 7.57. The van der Waals surface area contributed by atoms with Gasteiger partial charge in [-0.2, -0.15) is 18.3 Å². The van der Waals surface area contributed by atoms with Gasteiger partial charge in [0.05, 0.1) is 12.7 Å². The molecule has 3 rings (SSSR count). The molecule has 156 valence electrons. The number of nitrogens with one attached hydrogen (secondary N) is 1. The maximum atomic E-state index is 13.0. The highest BCUT2D eigenvalue weighted by atomic mass is 32.1. The molecule has 0 bridgehead atoms. The summed E-state index contributed by atoms with van der Waals surface area (Å²) < 4.78 is 44.6. The highest BCUT2D eigenvalue weighted by Gasteiger charge is 2.38. The molecule has 0 atom stereocenters. The standard InChI is InChI=1S/C17H17F3N4O4S/c1-7-12(14(21)26)15(29-13(7)16(27)28-2)22-11(25)6-24-9(8-3-4-8)5-10(23-24)17(18,19)20/h5,8H,3-4,6H2,1-2H3,(H2,21,26)(H,22,25). The topological polar surface area (TPSA) is 116 Å². The number of alkyl halides is 3. The molecule has 29 heavy (non-hydrogen) atoms. The maximum absolute atomic E-state index is 13.0. The molecule has 1 fully saturated rings. The predicted molar refractivity (Wildman–Crippen MR) is 96.7 cm³/mol. The van der Waals surface area contributed by atoms with Gasteiger partial charge >= 0.3 is 12.1 Å². The third-order valence-corrected chi connectivity index (χ3v) is 5.59. The van der Waals surface area contributed by atoms with Gasteiger partial charge in [0.25, 0.3) is 5.91 Å². The molecule has 0 spiro atoms. The third-order valence-electron chi connectivity index (χ3n) is 4.41. The normalized spacial score (nSPS) is 14.0. The average molecular weight is 430 g/mol. The Hall–Kier alpha value is -2.89. The molecule has 1 aliphatic rings. The van der Waals surface area contributed by atoms with Crippen LogP contribution in [-0.4, -0.2) is 34.7 Å². The number of methoxy groups -OCH3 is 1. The Morgan fingerprint density at radius 1 is 1.38 bits per heavy atom. The lowest BCUT2D eigenvalue weighted by Crippen LogP contribution is -2.22. The number of ether oxygens (including phenoxy) is 1. The van der Waals surface area contributed by atoms with Gasteiger partial charge in [0, 0.05) is 11.6 Å². The van der Waals surface area contributed by atoms with E-state index in [1.165, 1.54) is 14.0 Å². The van der Waals surface area contributed by atoms with E-state index in [0.29, 0.717) is 5.69 Å². The lowest BCUT2D eigenvalue weighted by molar-refractivity contribution is -0.141. The Balaban J connectivity index is 1.86. The van der Waals surface area contributed by atoms with Crippen molar-refractivity contribution < 1.29 is 32.3 Å². The van der Waals surface area contributed by atoms with E-state index in [9.17, 15) is 27.6 Å². The number of anilines is 1. The summed E-state index contributed by atoms with van der Waals surface area (Å²) in [6, 6.07) is 0.949. The van der Waals surface area contributed by atoms with Crippen LogP contribution in [0.4, 0.5) is 18.2 Å². The van der Waals surface area contributed by atoms with Gasteiger partial charge in [0.2, 0.25) is 5.91 Å². The van der Waals surface area contributed by atoms with Crippen LogP contribution in [-0.2, 0) is 22.3 Å². The minimum Gasteiger partial charge on any atom is -0.465 e. The number of nitrogens with two attached hydrogens (primary N) is 1. The van der Waals surface area contributed by atoms with Crippen molar-refractivity contribution >= 4 is 34.1 Å². The van der Waals surface area contributed by atoms with Crippen molar-refractivity contribution in [3.05, 3.63) is 33.5 Å². The molecule has 0 unspecified atom stereocenters. The first-order valence-electron chi connectivity index (χ1n) is 8.49. The Kier molecular flexibility index (Phi) is 5.39. The van der Waals surface area contributed by atoms with Gasteiger partial charge < -0.3 is 15.8 Å². The predicted octanol–water partition coefficient (Wildman–Crippen LogP) is 2.67. The first-order valence-corrected chi connectivity index (χ1v) is 9.30. The number of halogens is 3. The average Bonchev–Trinajstić information content (AvgIpc) is 3.29. The molecular weight excluding hydrogens is 413 g/mol. The zero-order valence-electron chi connectivity index (χ0n) is 15.4. The minimum absolute atomic E-state index is 0.0246. The van der Waals surface area contributed by atoms with E-state index < -0.39 is 36.2 Å². The summed E-state index contributed by atoms with van der Waals surface area (Å²) in [5.41, 5.74) is 4.81. The zero-order chi connectivity index (χ0) is 21.5. The Labute approximate surface area is 166 Å². The summed E-state index contributed by atoms with van der Waals surface area (Å²) >= 11 is 0.801. The Bertz CT molecular complexity index is 992. The van der Waals surface area contributed by atoms with Gasteiger partial charge in [-0.05, 0) is 31.4 Å².